The van der Waals surface area contributed by atoms with E-state index in [2.05, 4.69) is 3.63 Å². The van der Waals surface area contributed by atoms with E-state index in [4.69, 9.17) is 0 Å². The van der Waals surface area contributed by atoms with Crippen LogP contribution in [0.15, 0.2) is 188 Å². The average molecular weight is 824 g/mol. The van der Waals surface area contributed by atoms with Crippen molar-refractivity contribution in [3.8, 4) is 22.3 Å². The molecule has 0 aliphatic heterocycles. The van der Waals surface area contributed by atoms with Crippen LogP contribution in [0, 0.1) is 0 Å². The van der Waals surface area contributed by atoms with Gasteiger partial charge in [-0.1, -0.05) is 115 Å². The number of hydrogen-bond donors (Lipinski definition) is 0. The second-order valence-electron chi connectivity index (χ2n) is 12.0. The van der Waals surface area contributed by atoms with Crippen molar-refractivity contribution in [2.24, 2.45) is 0 Å². The lowest BCUT2D eigenvalue weighted by atomic mass is 10.1. The van der Waals surface area contributed by atoms with Gasteiger partial charge in [-0.25, -0.2) is 0 Å². The first kappa shape index (κ1) is 40.0. The summed E-state index contributed by atoms with van der Waals surface area (Å²) in [5, 5.41) is -7.03. The molecule has 15 heteroatoms. The van der Waals surface area contributed by atoms with E-state index in [1.165, 1.54) is 90.6 Å². The molecular weight excluding hydrogens is 796 g/mol. The number of halogens is 9. The predicted octanol–water partition coefficient (Wildman–Crippen LogP) is 13.2. The normalized spacial score (nSPS) is 14.6. The smallest absolute Gasteiger partial charge is 0.257 e. The molecule has 0 amide bonds. The van der Waals surface area contributed by atoms with Crippen LogP contribution in [0.25, 0.3) is 22.3 Å². The van der Waals surface area contributed by atoms with Crippen LogP contribution in [0.5, 0.6) is 0 Å². The van der Waals surface area contributed by atoms with E-state index >= 15 is 8.78 Å². The molecule has 3 nitrogen and oxygen atoms in total. The highest BCUT2D eigenvalue weighted by atomic mass is 32.3. The zero-order valence-electron chi connectivity index (χ0n) is 28.0. The highest BCUT2D eigenvalue weighted by molar-refractivity contribution is 8.32. The van der Waals surface area contributed by atoms with E-state index in [0.717, 1.165) is 16.0 Å². The Morgan fingerprint density at radius 2 is 0.727 bits per heavy atom. The van der Waals surface area contributed by atoms with Crippen molar-refractivity contribution in [2.45, 2.75) is 47.8 Å². The van der Waals surface area contributed by atoms with Crippen LogP contribution < -0.4 is 0 Å². The van der Waals surface area contributed by atoms with Crippen LogP contribution in [0.1, 0.15) is 0 Å². The van der Waals surface area contributed by atoms with E-state index in [1.807, 2.05) is 54.6 Å². The molecule has 6 rings (SSSR count). The minimum absolute atomic E-state index is 0.121. The first-order valence-electron chi connectivity index (χ1n) is 16.1. The molecule has 0 bridgehead atoms. The van der Waals surface area contributed by atoms with E-state index in [-0.39, 0.29) is 14.7 Å². The zero-order chi connectivity index (χ0) is 39.7. The molecular formula is C40H28F9O3S3+. The maximum Gasteiger partial charge on any atom is 0.486 e. The van der Waals surface area contributed by atoms with Gasteiger partial charge in [0, 0.05) is 9.79 Å². The molecule has 55 heavy (non-hydrogen) atoms. The Kier molecular flexibility index (Phi) is 11.0. The summed E-state index contributed by atoms with van der Waals surface area (Å²) in [7, 11) is -11.3. The molecule has 0 spiro atoms. The number of alkyl halides is 9. The summed E-state index contributed by atoms with van der Waals surface area (Å²) in [5.41, 5.74) is 3.20. The van der Waals surface area contributed by atoms with Gasteiger partial charge in [-0.15, -0.1) is 8.42 Å². The van der Waals surface area contributed by atoms with Gasteiger partial charge in [0.05, 0.1) is 25.0 Å². The molecule has 0 saturated carbocycles. The standard InChI is InChI=1S/C40H27F9O3S3/c41-37(42,39(45,46)47)38(43,44)40(48,49)55(50,51)52-54(34-14-8-3-9-15-34,35-24-18-31(19-25-35)29-12-6-2-7-13-29)36-26-22-33(23-27-36)53-32-20-16-30(17-21-32)28-10-4-1-5-11-28/h1-27H/p+1. The van der Waals surface area contributed by atoms with Crippen LogP contribution in [-0.2, 0) is 10.1 Å². The first-order valence-corrected chi connectivity index (χ1v) is 19.9. The molecule has 6 aromatic rings. The summed E-state index contributed by atoms with van der Waals surface area (Å²) < 4.78 is 158. The van der Waals surface area contributed by atoms with Gasteiger partial charge in [-0.3, -0.25) is 3.63 Å². The van der Waals surface area contributed by atoms with Crippen molar-refractivity contribution in [1.29, 1.82) is 0 Å². The maximum atomic E-state index is 15.4. The van der Waals surface area contributed by atoms with Gasteiger partial charge in [-0.05, 0) is 82.9 Å². The summed E-state index contributed by atoms with van der Waals surface area (Å²) in [6.45, 7) is 0. The third-order valence-electron chi connectivity index (χ3n) is 8.40. The Labute approximate surface area is 316 Å². The highest BCUT2D eigenvalue weighted by Gasteiger charge is 2.88. The molecule has 0 aliphatic carbocycles. The molecule has 286 valence electrons. The maximum absolute atomic E-state index is 15.4. The molecule has 0 heterocycles. The number of rotatable bonds is 12. The van der Waals surface area contributed by atoms with E-state index in [0.29, 0.717) is 16.0 Å². The highest BCUT2D eigenvalue weighted by Crippen LogP contribution is 2.70. The molecule has 0 radical (unpaired) electrons. The minimum Gasteiger partial charge on any atom is -0.257 e. The lowest BCUT2D eigenvalue weighted by Crippen LogP contribution is -2.63. The van der Waals surface area contributed by atoms with Crippen molar-refractivity contribution in [3.05, 3.63) is 164 Å². The molecule has 1 N–H and O–H groups in total. The third kappa shape index (κ3) is 7.50. The van der Waals surface area contributed by atoms with Crippen LogP contribution in [-0.4, -0.2) is 35.3 Å². The summed E-state index contributed by atoms with van der Waals surface area (Å²) in [6.07, 6.45) is -7.23. The van der Waals surface area contributed by atoms with Gasteiger partial charge in [0.15, 0.2) is 0 Å². The van der Waals surface area contributed by atoms with Crippen LogP contribution in [0.3, 0.4) is 0 Å². The fraction of sp³-hybridized carbons (Fsp3) is 0.100. The fourth-order valence-corrected chi connectivity index (χ4v) is 11.8. The SMILES string of the molecule is O=S(=O)([OH+]S(c1ccccc1)(c1ccc(Sc2ccc(-c3ccccc3)cc2)cc1)c1ccc(-c2ccccc2)cc1)C(F)(F)C(F)(F)C(F)(F)C(F)(F)F. The van der Waals surface area contributed by atoms with Gasteiger partial charge in [0.25, 0.3) is 0 Å². The Hall–Kier alpha value is -4.70. The first-order chi connectivity index (χ1) is 25.9. The second kappa shape index (κ2) is 15.1. The summed E-state index contributed by atoms with van der Waals surface area (Å²) in [4.78, 5) is 0.984. The Morgan fingerprint density at radius 3 is 1.15 bits per heavy atom. The minimum atomic E-state index is -7.46. The predicted molar refractivity (Wildman–Crippen MR) is 196 cm³/mol. The van der Waals surface area contributed by atoms with Crippen LogP contribution in [0.2, 0.25) is 0 Å². The molecule has 6 aromatic carbocycles. The Morgan fingerprint density at radius 1 is 0.400 bits per heavy atom. The van der Waals surface area contributed by atoms with Gasteiger partial charge in [-0.2, -0.15) is 39.5 Å². The van der Waals surface area contributed by atoms with Gasteiger partial charge >= 0.3 is 33.4 Å². The van der Waals surface area contributed by atoms with Crippen LogP contribution in [0.4, 0.5) is 39.5 Å². The number of hydrogen-bond acceptors (Lipinski definition) is 3. The summed E-state index contributed by atoms with van der Waals surface area (Å²) in [6, 6.07) is 43.9. The lowest BCUT2D eigenvalue weighted by Gasteiger charge is -2.37. The molecule has 0 saturated heterocycles. The Balaban J connectivity index is 1.48. The van der Waals surface area contributed by atoms with Crippen molar-refractivity contribution in [2.75, 3.05) is 0 Å². The average Bonchev–Trinajstić information content (AvgIpc) is 3.18. The van der Waals surface area contributed by atoms with Crippen LogP contribution >= 0.6 is 22.1 Å². The fourth-order valence-electron chi connectivity index (χ4n) is 5.53. The van der Waals surface area contributed by atoms with Crippen molar-refractivity contribution in [3.63, 3.8) is 0 Å². The topological polar surface area (TPSA) is 46.9 Å². The van der Waals surface area contributed by atoms with Crippen molar-refractivity contribution >= 4 is 32.2 Å². The number of benzene rings is 6. The monoisotopic (exact) mass is 823 g/mol. The second-order valence-corrected chi connectivity index (χ2v) is 17.7. The lowest BCUT2D eigenvalue weighted by molar-refractivity contribution is -0.382. The molecule has 0 fully saturated rings. The molecule has 0 aromatic heterocycles. The van der Waals surface area contributed by atoms with Gasteiger partial charge in [0.1, 0.15) is 0 Å². The van der Waals surface area contributed by atoms with E-state index in [1.54, 1.807) is 30.3 Å². The molecule has 0 aliphatic rings. The van der Waals surface area contributed by atoms with Gasteiger partial charge in [0.2, 0.25) is 0 Å². The molecule has 1 atom stereocenters. The van der Waals surface area contributed by atoms with Gasteiger partial charge < -0.3 is 0 Å². The summed E-state index contributed by atoms with van der Waals surface area (Å²) in [5.74, 6) is -14.9. The van der Waals surface area contributed by atoms with Crippen molar-refractivity contribution in [1.82, 2.24) is 0 Å². The Bertz CT molecular complexity index is 2330. The molecule has 1 unspecified atom stereocenters. The third-order valence-corrected chi connectivity index (χ3v) is 14.9. The largest absolute Gasteiger partial charge is 0.486 e. The quantitative estimate of drug-likeness (QED) is 0.0702. The van der Waals surface area contributed by atoms with E-state index < -0.39 is 43.7 Å². The van der Waals surface area contributed by atoms with E-state index in [9.17, 15) is 39.2 Å². The summed E-state index contributed by atoms with van der Waals surface area (Å²) >= 11 is 1.28. The zero-order valence-corrected chi connectivity index (χ0v) is 30.4. The van der Waals surface area contributed by atoms with Crippen molar-refractivity contribution < 1.29 is 51.6 Å².